The number of ether oxygens (including phenoxy) is 1. The van der Waals surface area contributed by atoms with Gasteiger partial charge in [0.05, 0.1) is 0 Å². The normalized spacial score (nSPS) is 9.71. The van der Waals surface area contributed by atoms with Gasteiger partial charge in [0.1, 0.15) is 5.75 Å². The van der Waals surface area contributed by atoms with Crippen molar-refractivity contribution in [3.8, 4) is 5.75 Å². The highest BCUT2D eigenvalue weighted by Gasteiger charge is 2.03. The highest BCUT2D eigenvalue weighted by molar-refractivity contribution is 5.83. The van der Waals surface area contributed by atoms with Crippen LogP contribution in [0, 0.1) is 6.92 Å². The molecule has 1 aromatic heterocycles. The third-order valence-electron chi connectivity index (χ3n) is 2.67. The first-order chi connectivity index (χ1) is 10.2. The number of amides is 1. The number of hydrogen-bond acceptors (Lipinski definition) is 4. The van der Waals surface area contributed by atoms with E-state index in [-0.39, 0.29) is 12.5 Å². The van der Waals surface area contributed by atoms with E-state index in [1.165, 1.54) is 0 Å². The van der Waals surface area contributed by atoms with Gasteiger partial charge >= 0.3 is 0 Å². The maximum Gasteiger partial charge on any atom is 0.257 e. The van der Waals surface area contributed by atoms with E-state index in [0.29, 0.717) is 18.8 Å². The molecule has 2 rings (SSSR count). The maximum atomic E-state index is 11.4. The molecule has 1 amide bonds. The number of aryl methyl sites for hydroxylation is 1. The van der Waals surface area contributed by atoms with Crippen LogP contribution in [-0.4, -0.2) is 30.6 Å². The van der Waals surface area contributed by atoms with Gasteiger partial charge in [-0.15, -0.1) is 0 Å². The number of nitrogens with two attached hydrogens (primary N) is 1. The topological polar surface area (TPSA) is 77.2 Å². The monoisotopic (exact) mass is 289 g/mol. The van der Waals surface area contributed by atoms with Crippen molar-refractivity contribution in [2.45, 2.75) is 20.8 Å². The fourth-order valence-electron chi connectivity index (χ4n) is 1.73. The largest absolute Gasteiger partial charge is 0.484 e. The third-order valence-corrected chi connectivity index (χ3v) is 2.67. The summed E-state index contributed by atoms with van der Waals surface area (Å²) in [5, 5.41) is 4.75. The lowest BCUT2D eigenvalue weighted by atomic mass is 10.1. The molecule has 0 unspecified atom stereocenters. The molecule has 1 heterocycles. The van der Waals surface area contributed by atoms with E-state index in [0.717, 1.165) is 16.5 Å². The van der Waals surface area contributed by atoms with Gasteiger partial charge in [-0.3, -0.25) is 9.78 Å². The Morgan fingerprint density at radius 3 is 2.76 bits per heavy atom. The van der Waals surface area contributed by atoms with Gasteiger partial charge in [0.25, 0.3) is 5.91 Å². The van der Waals surface area contributed by atoms with Crippen molar-refractivity contribution in [2.24, 2.45) is 5.73 Å². The maximum absolute atomic E-state index is 11.4. The van der Waals surface area contributed by atoms with Crippen molar-refractivity contribution in [2.75, 3.05) is 19.7 Å². The lowest BCUT2D eigenvalue weighted by Gasteiger charge is -2.08. The summed E-state index contributed by atoms with van der Waals surface area (Å²) in [6.45, 7) is 6.82. The smallest absolute Gasteiger partial charge is 0.257 e. The first-order valence-electron chi connectivity index (χ1n) is 7.15. The Kier molecular flexibility index (Phi) is 7.18. The van der Waals surface area contributed by atoms with Crippen molar-refractivity contribution in [1.29, 1.82) is 0 Å². The average Bonchev–Trinajstić information content (AvgIpc) is 2.52. The second-order valence-corrected chi connectivity index (χ2v) is 4.26. The Morgan fingerprint density at radius 2 is 2.05 bits per heavy atom. The van der Waals surface area contributed by atoms with Gasteiger partial charge in [0, 0.05) is 30.4 Å². The predicted octanol–water partition coefficient (Wildman–Crippen LogP) is 2.02. The van der Waals surface area contributed by atoms with E-state index >= 15 is 0 Å². The molecule has 0 saturated carbocycles. The molecule has 0 aliphatic heterocycles. The van der Waals surface area contributed by atoms with Gasteiger partial charge in [-0.05, 0) is 36.6 Å². The van der Waals surface area contributed by atoms with Crippen LogP contribution in [-0.2, 0) is 4.79 Å². The Morgan fingerprint density at radius 1 is 1.29 bits per heavy atom. The molecule has 3 N–H and O–H groups in total. The summed E-state index contributed by atoms with van der Waals surface area (Å²) < 4.78 is 5.44. The van der Waals surface area contributed by atoms with Crippen molar-refractivity contribution >= 4 is 16.7 Å². The van der Waals surface area contributed by atoms with Gasteiger partial charge < -0.3 is 15.8 Å². The highest BCUT2D eigenvalue weighted by atomic mass is 16.5. The molecule has 5 nitrogen and oxygen atoms in total. The third kappa shape index (κ3) is 5.39. The molecule has 21 heavy (non-hydrogen) atoms. The van der Waals surface area contributed by atoms with E-state index in [4.69, 9.17) is 10.5 Å². The van der Waals surface area contributed by atoms with E-state index in [9.17, 15) is 4.79 Å². The Labute approximate surface area is 125 Å². The number of nitrogens with one attached hydrogen (secondary N) is 1. The second kappa shape index (κ2) is 8.92. The lowest BCUT2D eigenvalue weighted by molar-refractivity contribution is -0.123. The SMILES string of the molecule is CC.Cc1cc2cc(OCC(=O)NCCN)ccc2cn1. The molecule has 114 valence electrons. The summed E-state index contributed by atoms with van der Waals surface area (Å²) >= 11 is 0. The molecule has 0 saturated heterocycles. The summed E-state index contributed by atoms with van der Waals surface area (Å²) in [7, 11) is 0. The molecule has 0 atom stereocenters. The zero-order valence-corrected chi connectivity index (χ0v) is 12.8. The van der Waals surface area contributed by atoms with Crippen molar-refractivity contribution in [3.05, 3.63) is 36.2 Å². The minimum Gasteiger partial charge on any atom is -0.484 e. The molecule has 0 aliphatic carbocycles. The van der Waals surface area contributed by atoms with E-state index < -0.39 is 0 Å². The van der Waals surface area contributed by atoms with Crippen LogP contribution in [0.2, 0.25) is 0 Å². The fraction of sp³-hybridized carbons (Fsp3) is 0.375. The molecule has 5 heteroatoms. The number of nitrogens with zero attached hydrogens (tertiary/aromatic N) is 1. The zero-order valence-electron chi connectivity index (χ0n) is 12.8. The van der Waals surface area contributed by atoms with Crippen LogP contribution < -0.4 is 15.8 Å². The average molecular weight is 289 g/mol. The predicted molar refractivity (Wildman–Crippen MR) is 85.4 cm³/mol. The van der Waals surface area contributed by atoms with Crippen molar-refractivity contribution in [1.82, 2.24) is 10.3 Å². The molecular formula is C16H23N3O2. The standard InChI is InChI=1S/C14H17N3O2.C2H6/c1-10-6-12-7-13(3-2-11(12)8-17-10)19-9-14(18)16-5-4-15;1-2/h2-3,6-8H,4-5,9,15H2,1H3,(H,16,18);1-2H3. The molecular weight excluding hydrogens is 266 g/mol. The minimum absolute atomic E-state index is 0.00439. The summed E-state index contributed by atoms with van der Waals surface area (Å²) in [6.07, 6.45) is 1.82. The van der Waals surface area contributed by atoms with E-state index in [1.807, 2.05) is 51.2 Å². The second-order valence-electron chi connectivity index (χ2n) is 4.26. The number of fused-ring (bicyclic) bond motifs is 1. The number of benzene rings is 1. The minimum atomic E-state index is -0.170. The number of hydrogen-bond donors (Lipinski definition) is 2. The van der Waals surface area contributed by atoms with Crippen LogP contribution in [0.15, 0.2) is 30.5 Å². The number of pyridine rings is 1. The number of rotatable bonds is 5. The molecule has 0 bridgehead atoms. The molecule has 0 aliphatic rings. The highest BCUT2D eigenvalue weighted by Crippen LogP contribution is 2.20. The fourth-order valence-corrected chi connectivity index (χ4v) is 1.73. The Balaban J connectivity index is 0.00000106. The first-order valence-corrected chi connectivity index (χ1v) is 7.15. The number of aromatic nitrogens is 1. The van der Waals surface area contributed by atoms with Gasteiger partial charge in [0.2, 0.25) is 0 Å². The summed E-state index contributed by atoms with van der Waals surface area (Å²) in [6, 6.07) is 7.64. The quantitative estimate of drug-likeness (QED) is 0.883. The van der Waals surface area contributed by atoms with Gasteiger partial charge in [-0.2, -0.15) is 0 Å². The van der Waals surface area contributed by atoms with Crippen LogP contribution in [0.1, 0.15) is 19.5 Å². The Hall–Kier alpha value is -2.14. The molecule has 2 aromatic rings. The van der Waals surface area contributed by atoms with E-state index in [2.05, 4.69) is 10.3 Å². The van der Waals surface area contributed by atoms with Crippen LogP contribution in [0.25, 0.3) is 10.8 Å². The van der Waals surface area contributed by atoms with Crippen LogP contribution in [0.5, 0.6) is 5.75 Å². The van der Waals surface area contributed by atoms with Crippen LogP contribution in [0.4, 0.5) is 0 Å². The summed E-state index contributed by atoms with van der Waals surface area (Å²) in [4.78, 5) is 15.6. The van der Waals surface area contributed by atoms with Crippen LogP contribution >= 0.6 is 0 Å². The van der Waals surface area contributed by atoms with Crippen molar-refractivity contribution < 1.29 is 9.53 Å². The molecule has 0 fully saturated rings. The number of carbonyl (C=O) groups is 1. The van der Waals surface area contributed by atoms with Gasteiger partial charge in [0.15, 0.2) is 6.61 Å². The van der Waals surface area contributed by atoms with Gasteiger partial charge in [-0.25, -0.2) is 0 Å². The molecule has 0 spiro atoms. The van der Waals surface area contributed by atoms with E-state index in [1.54, 1.807) is 0 Å². The first kappa shape index (κ1) is 16.9. The number of carbonyl (C=O) groups excluding carboxylic acids is 1. The van der Waals surface area contributed by atoms with Gasteiger partial charge in [-0.1, -0.05) is 13.8 Å². The van der Waals surface area contributed by atoms with Crippen molar-refractivity contribution in [3.63, 3.8) is 0 Å². The Bertz CT molecular complexity index is 585. The zero-order chi connectivity index (χ0) is 15.7. The molecule has 1 aromatic carbocycles. The summed E-state index contributed by atoms with van der Waals surface area (Å²) in [5.41, 5.74) is 6.25. The lowest BCUT2D eigenvalue weighted by Crippen LogP contribution is -2.32. The molecule has 0 radical (unpaired) electrons. The summed E-state index contributed by atoms with van der Waals surface area (Å²) in [5.74, 6) is 0.498. The van der Waals surface area contributed by atoms with Crippen LogP contribution in [0.3, 0.4) is 0 Å².